The highest BCUT2D eigenvalue weighted by Gasteiger charge is 2.46. The van der Waals surface area contributed by atoms with Crippen molar-refractivity contribution in [3.8, 4) is 5.75 Å². The molecule has 0 aromatic heterocycles. The molecule has 146 valence electrons. The van der Waals surface area contributed by atoms with E-state index < -0.39 is 22.7 Å². The van der Waals surface area contributed by atoms with Gasteiger partial charge in [-0.25, -0.2) is 0 Å². The van der Waals surface area contributed by atoms with Gasteiger partial charge < -0.3 is 10.1 Å². The van der Waals surface area contributed by atoms with Gasteiger partial charge in [-0.2, -0.15) is 13.2 Å². The normalized spacial score (nSPS) is 17.9. The minimum absolute atomic E-state index is 0.0966. The van der Waals surface area contributed by atoms with E-state index in [4.69, 9.17) is 4.74 Å². The Morgan fingerprint density at radius 2 is 2.00 bits per heavy atom. The molecule has 7 nitrogen and oxygen atoms in total. The third-order valence-electron chi connectivity index (χ3n) is 4.85. The zero-order valence-electron chi connectivity index (χ0n) is 14.5. The number of fused-ring (bicyclic) bond motifs is 1. The molecule has 2 aliphatic heterocycles. The molecule has 1 saturated heterocycles. The average Bonchev–Trinajstić information content (AvgIpc) is 2.65. The second-order valence-corrected chi connectivity index (χ2v) is 6.37. The Morgan fingerprint density at radius 1 is 1.33 bits per heavy atom. The molecule has 0 bridgehead atoms. The van der Waals surface area contributed by atoms with Crippen LogP contribution >= 0.6 is 0 Å². The maximum absolute atomic E-state index is 13.1. The van der Waals surface area contributed by atoms with Gasteiger partial charge in [-0.3, -0.25) is 19.8 Å². The quantitative estimate of drug-likeness (QED) is 0.639. The van der Waals surface area contributed by atoms with E-state index in [9.17, 15) is 28.1 Å². The molecule has 0 unspecified atom stereocenters. The second kappa shape index (κ2) is 7.18. The van der Waals surface area contributed by atoms with E-state index in [0.717, 1.165) is 38.6 Å². The third kappa shape index (κ3) is 3.48. The van der Waals surface area contributed by atoms with Crippen LogP contribution in [0.5, 0.6) is 5.75 Å². The number of hydrogen-bond donors (Lipinski definition) is 1. The summed E-state index contributed by atoms with van der Waals surface area (Å²) < 4.78 is 44.3. The summed E-state index contributed by atoms with van der Waals surface area (Å²) in [4.78, 5) is 23.0. The summed E-state index contributed by atoms with van der Waals surface area (Å²) >= 11 is 0. The summed E-state index contributed by atoms with van der Waals surface area (Å²) in [6.07, 6.45) is -1.92. The number of allylic oxidation sites excluding steroid dienone is 1. The first-order valence-electron chi connectivity index (χ1n) is 8.41. The number of piperidine rings is 1. The molecule has 1 aromatic carbocycles. The van der Waals surface area contributed by atoms with Crippen LogP contribution in [0.4, 0.5) is 24.5 Å². The first-order valence-corrected chi connectivity index (χ1v) is 8.41. The number of carbonyl (C=O) groups is 1. The van der Waals surface area contributed by atoms with Gasteiger partial charge in [0.05, 0.1) is 12.0 Å². The predicted octanol–water partition coefficient (Wildman–Crippen LogP) is 2.90. The van der Waals surface area contributed by atoms with Crippen molar-refractivity contribution in [3.05, 3.63) is 33.9 Å². The Hall–Kier alpha value is -2.62. The SMILES string of the molecule is COc1c([N+](=O)[O-])ccc2c1N(C(=O)C(F)(F)F)CC=C2C1CCNCC1. The fourth-order valence-electron chi connectivity index (χ4n) is 3.65. The van der Waals surface area contributed by atoms with Crippen molar-refractivity contribution in [2.45, 2.75) is 19.0 Å². The maximum atomic E-state index is 13.1. The Balaban J connectivity index is 2.17. The molecule has 3 rings (SSSR count). The molecule has 0 saturated carbocycles. The Morgan fingerprint density at radius 3 is 2.56 bits per heavy atom. The number of hydrogen-bond acceptors (Lipinski definition) is 5. The fraction of sp³-hybridized carbons (Fsp3) is 0.471. The molecule has 27 heavy (non-hydrogen) atoms. The number of nitrogens with zero attached hydrogens (tertiary/aromatic N) is 2. The lowest BCUT2D eigenvalue weighted by Crippen LogP contribution is -2.43. The molecule has 0 aliphatic carbocycles. The van der Waals surface area contributed by atoms with Crippen molar-refractivity contribution in [2.24, 2.45) is 5.92 Å². The number of benzene rings is 1. The lowest BCUT2D eigenvalue weighted by molar-refractivity contribution is -0.385. The third-order valence-corrected chi connectivity index (χ3v) is 4.85. The Kier molecular flexibility index (Phi) is 5.09. The van der Waals surface area contributed by atoms with Gasteiger partial charge in [0.1, 0.15) is 5.69 Å². The van der Waals surface area contributed by atoms with Gasteiger partial charge in [-0.05, 0) is 43.5 Å². The molecule has 1 aromatic rings. The molecule has 1 amide bonds. The topological polar surface area (TPSA) is 84.7 Å². The van der Waals surface area contributed by atoms with Crippen LogP contribution in [0.15, 0.2) is 18.2 Å². The zero-order chi connectivity index (χ0) is 19.8. The van der Waals surface area contributed by atoms with Crippen LogP contribution in [0.1, 0.15) is 18.4 Å². The van der Waals surface area contributed by atoms with E-state index >= 15 is 0 Å². The molecule has 10 heteroatoms. The molecular weight excluding hydrogens is 367 g/mol. The molecule has 2 heterocycles. The van der Waals surface area contributed by atoms with Gasteiger partial charge in [-0.15, -0.1) is 0 Å². The van der Waals surface area contributed by atoms with E-state index in [0.29, 0.717) is 10.5 Å². The molecule has 1 N–H and O–H groups in total. The highest BCUT2D eigenvalue weighted by molar-refractivity contribution is 6.04. The molecule has 2 aliphatic rings. The predicted molar refractivity (Wildman–Crippen MR) is 91.6 cm³/mol. The molecule has 1 fully saturated rings. The number of rotatable bonds is 3. The summed E-state index contributed by atoms with van der Waals surface area (Å²) in [6, 6.07) is 2.60. The van der Waals surface area contributed by atoms with E-state index in [1.54, 1.807) is 6.08 Å². The molecule has 0 atom stereocenters. The van der Waals surface area contributed by atoms with Crippen molar-refractivity contribution in [1.29, 1.82) is 0 Å². The number of anilines is 1. The van der Waals surface area contributed by atoms with Crippen LogP contribution in [-0.2, 0) is 4.79 Å². The van der Waals surface area contributed by atoms with Gasteiger partial charge >= 0.3 is 17.8 Å². The van der Waals surface area contributed by atoms with Crippen LogP contribution in [0, 0.1) is 16.0 Å². The van der Waals surface area contributed by atoms with Crippen molar-refractivity contribution in [1.82, 2.24) is 5.32 Å². The summed E-state index contributed by atoms with van der Waals surface area (Å²) in [5.74, 6) is -2.32. The first kappa shape index (κ1) is 19.2. The number of methoxy groups -OCH3 is 1. The standard InChI is InChI=1S/C17H18F3N3O4/c1-27-15-13(23(25)26)3-2-12-11(10-4-7-21-8-5-10)6-9-22(14(12)15)16(24)17(18,19)20/h2-3,6,10,21H,4-5,7-9H2,1H3. The number of nitro benzene ring substituents is 1. The minimum atomic E-state index is -5.10. The Labute approximate surface area is 152 Å². The van der Waals surface area contributed by atoms with Gasteiger partial charge in [0, 0.05) is 18.2 Å². The van der Waals surface area contributed by atoms with Gasteiger partial charge in [0.2, 0.25) is 5.75 Å². The lowest BCUT2D eigenvalue weighted by atomic mass is 9.82. The number of nitrogens with one attached hydrogen (secondary N) is 1. The van der Waals surface area contributed by atoms with Crippen LogP contribution in [0.25, 0.3) is 5.57 Å². The average molecular weight is 385 g/mol. The molecular formula is C17H18F3N3O4. The molecule has 0 spiro atoms. The maximum Gasteiger partial charge on any atom is 0.471 e. The number of alkyl halides is 3. The van der Waals surface area contributed by atoms with Crippen LogP contribution in [-0.4, -0.2) is 43.8 Å². The number of ether oxygens (including phenoxy) is 1. The number of nitro groups is 1. The van der Waals surface area contributed by atoms with E-state index in [-0.39, 0.29) is 23.9 Å². The highest BCUT2D eigenvalue weighted by atomic mass is 19.4. The van der Waals surface area contributed by atoms with Gasteiger partial charge in [0.15, 0.2) is 0 Å². The summed E-state index contributed by atoms with van der Waals surface area (Å²) in [5.41, 5.74) is 0.493. The van der Waals surface area contributed by atoms with Crippen LogP contribution in [0.2, 0.25) is 0 Å². The minimum Gasteiger partial charge on any atom is -0.489 e. The number of halogens is 3. The van der Waals surface area contributed by atoms with Crippen molar-refractivity contribution in [3.63, 3.8) is 0 Å². The van der Waals surface area contributed by atoms with Crippen LogP contribution < -0.4 is 15.0 Å². The van der Waals surface area contributed by atoms with Gasteiger partial charge in [-0.1, -0.05) is 6.08 Å². The summed E-state index contributed by atoms with van der Waals surface area (Å²) in [6.45, 7) is 1.22. The monoisotopic (exact) mass is 385 g/mol. The fourth-order valence-corrected chi connectivity index (χ4v) is 3.65. The van der Waals surface area contributed by atoms with Crippen LogP contribution in [0.3, 0.4) is 0 Å². The van der Waals surface area contributed by atoms with Crippen molar-refractivity contribution in [2.75, 3.05) is 31.6 Å². The van der Waals surface area contributed by atoms with Crippen molar-refractivity contribution < 1.29 is 27.6 Å². The highest BCUT2D eigenvalue weighted by Crippen LogP contribution is 2.48. The van der Waals surface area contributed by atoms with E-state index in [2.05, 4.69) is 5.32 Å². The lowest BCUT2D eigenvalue weighted by Gasteiger charge is -2.34. The second-order valence-electron chi connectivity index (χ2n) is 6.37. The zero-order valence-corrected chi connectivity index (χ0v) is 14.5. The largest absolute Gasteiger partial charge is 0.489 e. The van der Waals surface area contributed by atoms with Crippen molar-refractivity contribution >= 4 is 22.9 Å². The summed E-state index contributed by atoms with van der Waals surface area (Å²) in [5, 5.41) is 14.5. The molecule has 0 radical (unpaired) electrons. The number of amides is 1. The first-order chi connectivity index (χ1) is 12.8. The summed E-state index contributed by atoms with van der Waals surface area (Å²) in [7, 11) is 1.14. The smallest absolute Gasteiger partial charge is 0.471 e. The Bertz CT molecular complexity index is 801. The van der Waals surface area contributed by atoms with Gasteiger partial charge in [0.25, 0.3) is 0 Å². The number of carbonyl (C=O) groups excluding carboxylic acids is 1. The van der Waals surface area contributed by atoms with E-state index in [1.165, 1.54) is 12.1 Å². The van der Waals surface area contributed by atoms with E-state index in [1.807, 2.05) is 0 Å².